The summed E-state index contributed by atoms with van der Waals surface area (Å²) in [6.07, 6.45) is 40.0. The van der Waals surface area contributed by atoms with E-state index in [4.69, 9.17) is 0 Å². The van der Waals surface area contributed by atoms with Gasteiger partial charge in [0.1, 0.15) is 12.4 Å². The van der Waals surface area contributed by atoms with Crippen LogP contribution in [-0.4, -0.2) is 4.57 Å². The van der Waals surface area contributed by atoms with E-state index in [9.17, 15) is 0 Å². The molecule has 0 atom stereocenters. The summed E-state index contributed by atoms with van der Waals surface area (Å²) in [6.45, 7) is 9.37. The highest BCUT2D eigenvalue weighted by molar-refractivity contribution is 4.84. The average molecular weight is 490 g/mol. The number of aromatic nitrogens is 2. The van der Waals surface area contributed by atoms with Crippen LogP contribution in [-0.2, 0) is 19.5 Å². The lowest BCUT2D eigenvalue weighted by Gasteiger charge is -2.07. The minimum absolute atomic E-state index is 1.22. The minimum Gasteiger partial charge on any atom is -0.234 e. The van der Waals surface area contributed by atoms with Crippen molar-refractivity contribution in [3.8, 4) is 0 Å². The molecule has 0 saturated heterocycles. The normalized spacial score (nSPS) is 11.5. The molecule has 35 heavy (non-hydrogen) atoms. The molecule has 0 radical (unpaired) electrons. The number of rotatable bonds is 27. The fraction of sp³-hybridized carbons (Fsp3) is 0.909. The van der Waals surface area contributed by atoms with Crippen molar-refractivity contribution >= 4 is 0 Å². The zero-order chi connectivity index (χ0) is 25.2. The maximum Gasteiger partial charge on any atom is 0.256 e. The van der Waals surface area contributed by atoms with Gasteiger partial charge in [0.2, 0.25) is 0 Å². The van der Waals surface area contributed by atoms with E-state index in [1.54, 1.807) is 5.82 Å². The molecule has 0 N–H and O–H groups in total. The van der Waals surface area contributed by atoms with Gasteiger partial charge < -0.3 is 0 Å². The van der Waals surface area contributed by atoms with Crippen LogP contribution in [0.4, 0.5) is 0 Å². The maximum atomic E-state index is 2.60. The van der Waals surface area contributed by atoms with E-state index in [-0.39, 0.29) is 0 Å². The van der Waals surface area contributed by atoms with Gasteiger partial charge in [-0.15, -0.1) is 0 Å². The third kappa shape index (κ3) is 18.2. The van der Waals surface area contributed by atoms with Gasteiger partial charge in [0, 0.05) is 6.42 Å². The Balaban J connectivity index is 2.26. The predicted octanol–water partition coefficient (Wildman–Crippen LogP) is 10.7. The Hall–Kier alpha value is -0.790. The summed E-state index contributed by atoms with van der Waals surface area (Å²) in [5.41, 5.74) is 0. The van der Waals surface area contributed by atoms with Gasteiger partial charge in [-0.05, 0) is 32.1 Å². The van der Waals surface area contributed by atoms with Crippen molar-refractivity contribution in [1.82, 2.24) is 4.57 Å². The van der Waals surface area contributed by atoms with Gasteiger partial charge in [0.25, 0.3) is 5.82 Å². The fourth-order valence-electron chi connectivity index (χ4n) is 5.44. The number of nitrogens with zero attached hydrogens (tertiary/aromatic N) is 2. The molecule has 1 rings (SSSR count). The molecule has 1 aromatic heterocycles. The van der Waals surface area contributed by atoms with E-state index in [1.165, 1.54) is 174 Å². The molecule has 0 aliphatic rings. The lowest BCUT2D eigenvalue weighted by Crippen LogP contribution is -2.37. The standard InChI is InChI=1S/C33H65N2/c1-4-7-10-13-15-16-17-18-19-20-21-22-25-28-33-34(29-26-23-12-9-6-3)31-32-35(33)30-27-24-14-11-8-5-2/h31-32H,4-30H2,1-3H3/q+1. The summed E-state index contributed by atoms with van der Waals surface area (Å²) in [5, 5.41) is 0. The molecule has 0 aromatic carbocycles. The van der Waals surface area contributed by atoms with Crippen LogP contribution >= 0.6 is 0 Å². The van der Waals surface area contributed by atoms with Crippen LogP contribution in [0.5, 0.6) is 0 Å². The molecule has 2 nitrogen and oxygen atoms in total. The molecule has 0 amide bonds. The first-order chi connectivity index (χ1) is 17.3. The van der Waals surface area contributed by atoms with Crippen molar-refractivity contribution in [2.45, 2.75) is 194 Å². The van der Waals surface area contributed by atoms with Gasteiger partial charge in [-0.25, -0.2) is 9.13 Å². The molecule has 0 aliphatic heterocycles. The predicted molar refractivity (Wildman–Crippen MR) is 156 cm³/mol. The highest BCUT2D eigenvalue weighted by atomic mass is 15.1. The molecule has 0 fully saturated rings. The van der Waals surface area contributed by atoms with Crippen LogP contribution in [0, 0.1) is 0 Å². The van der Waals surface area contributed by atoms with Crippen molar-refractivity contribution in [2.24, 2.45) is 0 Å². The monoisotopic (exact) mass is 490 g/mol. The molecular formula is C33H65N2+. The second kappa shape index (κ2) is 24.9. The number of imidazole rings is 1. The van der Waals surface area contributed by atoms with Crippen LogP contribution in [0.2, 0.25) is 0 Å². The molecule has 1 heterocycles. The third-order valence-corrected chi connectivity index (χ3v) is 7.85. The van der Waals surface area contributed by atoms with E-state index < -0.39 is 0 Å². The molecule has 1 aromatic rings. The van der Waals surface area contributed by atoms with Gasteiger partial charge in [-0.2, -0.15) is 0 Å². The smallest absolute Gasteiger partial charge is 0.234 e. The van der Waals surface area contributed by atoms with Crippen LogP contribution in [0.3, 0.4) is 0 Å². The Morgan fingerprint density at radius 2 is 0.886 bits per heavy atom. The van der Waals surface area contributed by atoms with E-state index in [2.05, 4.69) is 42.3 Å². The Morgan fingerprint density at radius 3 is 1.37 bits per heavy atom. The highest BCUT2D eigenvalue weighted by Crippen LogP contribution is 2.14. The lowest BCUT2D eigenvalue weighted by atomic mass is 10.0. The molecule has 206 valence electrons. The second-order valence-corrected chi connectivity index (χ2v) is 11.3. The van der Waals surface area contributed by atoms with Gasteiger partial charge in [-0.3, -0.25) is 0 Å². The van der Waals surface area contributed by atoms with Crippen LogP contribution < -0.4 is 4.57 Å². The molecule has 0 saturated carbocycles. The molecule has 0 unspecified atom stereocenters. The first-order valence-electron chi connectivity index (χ1n) is 16.4. The summed E-state index contributed by atoms with van der Waals surface area (Å²) in [7, 11) is 0. The third-order valence-electron chi connectivity index (χ3n) is 7.85. The van der Waals surface area contributed by atoms with Gasteiger partial charge >= 0.3 is 0 Å². The van der Waals surface area contributed by atoms with Crippen LogP contribution in [0.1, 0.15) is 181 Å². The lowest BCUT2D eigenvalue weighted by molar-refractivity contribution is -0.704. The van der Waals surface area contributed by atoms with Crippen LogP contribution in [0.25, 0.3) is 0 Å². The Labute approximate surface area is 221 Å². The summed E-state index contributed by atoms with van der Waals surface area (Å²) in [5.74, 6) is 1.61. The summed E-state index contributed by atoms with van der Waals surface area (Å²) >= 11 is 0. The number of unbranched alkanes of at least 4 members (excludes halogenated alkanes) is 21. The topological polar surface area (TPSA) is 8.81 Å². The molecule has 2 heteroatoms. The summed E-state index contributed by atoms with van der Waals surface area (Å²) < 4.78 is 5.20. The molecule has 0 aliphatic carbocycles. The van der Waals surface area contributed by atoms with Crippen molar-refractivity contribution in [3.05, 3.63) is 18.2 Å². The van der Waals surface area contributed by atoms with E-state index in [0.29, 0.717) is 0 Å². The zero-order valence-electron chi connectivity index (χ0n) is 24.6. The fourth-order valence-corrected chi connectivity index (χ4v) is 5.44. The van der Waals surface area contributed by atoms with Crippen LogP contribution in [0.15, 0.2) is 12.4 Å². The van der Waals surface area contributed by atoms with Crippen molar-refractivity contribution in [1.29, 1.82) is 0 Å². The molecule has 0 bridgehead atoms. The Morgan fingerprint density at radius 1 is 0.486 bits per heavy atom. The molecule has 0 spiro atoms. The minimum atomic E-state index is 1.22. The number of hydrogen-bond donors (Lipinski definition) is 0. The largest absolute Gasteiger partial charge is 0.256 e. The number of aryl methyl sites for hydroxylation is 2. The first-order valence-corrected chi connectivity index (χ1v) is 16.4. The zero-order valence-corrected chi connectivity index (χ0v) is 24.6. The van der Waals surface area contributed by atoms with Gasteiger partial charge in [0.15, 0.2) is 0 Å². The van der Waals surface area contributed by atoms with Crippen molar-refractivity contribution in [3.63, 3.8) is 0 Å². The van der Waals surface area contributed by atoms with Crippen molar-refractivity contribution in [2.75, 3.05) is 0 Å². The molecular weight excluding hydrogens is 424 g/mol. The van der Waals surface area contributed by atoms with E-state index in [1.807, 2.05) is 0 Å². The summed E-state index contributed by atoms with van der Waals surface area (Å²) in [6, 6.07) is 0. The number of hydrogen-bond acceptors (Lipinski definition) is 0. The van der Waals surface area contributed by atoms with E-state index >= 15 is 0 Å². The van der Waals surface area contributed by atoms with Gasteiger partial charge in [-0.1, -0.05) is 143 Å². The quantitative estimate of drug-likeness (QED) is 0.0858. The van der Waals surface area contributed by atoms with Gasteiger partial charge in [0.05, 0.1) is 13.1 Å². The van der Waals surface area contributed by atoms with Crippen molar-refractivity contribution < 1.29 is 4.57 Å². The highest BCUT2D eigenvalue weighted by Gasteiger charge is 2.16. The SMILES string of the molecule is CCCCCCCCCCCCCCCc1n(CCCCCCCC)cc[n+]1CCCCCCC. The Bertz CT molecular complexity index is 547. The first kappa shape index (κ1) is 32.2. The van der Waals surface area contributed by atoms with E-state index in [0.717, 1.165) is 0 Å². The Kier molecular flexibility index (Phi) is 22.9. The average Bonchev–Trinajstić information content (AvgIpc) is 3.25. The second-order valence-electron chi connectivity index (χ2n) is 11.3. The maximum absolute atomic E-state index is 2.60. The summed E-state index contributed by atoms with van der Waals surface area (Å²) in [4.78, 5) is 0.